The number of aryl methyl sites for hydroxylation is 1. The first kappa shape index (κ1) is 17.6. The maximum Gasteiger partial charge on any atom is 0.421 e. The van der Waals surface area contributed by atoms with Crippen molar-refractivity contribution in [2.45, 2.75) is 46.0 Å². The average molecular weight is 361 g/mol. The van der Waals surface area contributed by atoms with Gasteiger partial charge in [-0.1, -0.05) is 44.7 Å². The summed E-state index contributed by atoms with van der Waals surface area (Å²) in [5.74, 6) is 0.593. The zero-order valence-corrected chi connectivity index (χ0v) is 15.2. The zero-order valence-electron chi connectivity index (χ0n) is 14.5. The second-order valence-corrected chi connectivity index (χ2v) is 6.33. The molecule has 0 N–H and O–H groups in total. The summed E-state index contributed by atoms with van der Waals surface area (Å²) in [4.78, 5) is 26.0. The van der Waals surface area contributed by atoms with E-state index in [2.05, 4.69) is 21.9 Å². The van der Waals surface area contributed by atoms with Crippen LogP contribution in [0.3, 0.4) is 0 Å². The molecule has 0 unspecified atom stereocenters. The van der Waals surface area contributed by atoms with Crippen LogP contribution >= 0.6 is 11.6 Å². The van der Waals surface area contributed by atoms with E-state index in [9.17, 15) is 4.79 Å². The van der Waals surface area contributed by atoms with Crippen LogP contribution in [0.4, 0.5) is 4.79 Å². The summed E-state index contributed by atoms with van der Waals surface area (Å²) in [5, 5.41) is 0.586. The average Bonchev–Trinajstić information content (AvgIpc) is 2.96. The van der Waals surface area contributed by atoms with Crippen LogP contribution in [0.1, 0.15) is 45.4 Å². The van der Waals surface area contributed by atoms with Gasteiger partial charge in [0.2, 0.25) is 0 Å². The molecule has 2 heterocycles. The number of carbonyl (C=O) groups excluding carboxylic acids is 1. The summed E-state index contributed by atoms with van der Waals surface area (Å²) in [7, 11) is 0. The molecule has 0 aliphatic heterocycles. The molecule has 0 aliphatic carbocycles. The van der Waals surface area contributed by atoms with Gasteiger partial charge < -0.3 is 4.74 Å². The molecule has 0 radical (unpaired) electrons. The minimum Gasteiger partial charge on any atom is -0.449 e. The molecule has 2 aromatic heterocycles. The van der Waals surface area contributed by atoms with Crippen molar-refractivity contribution in [3.05, 3.63) is 29.0 Å². The molecule has 0 spiro atoms. The molecule has 0 bridgehead atoms. The van der Waals surface area contributed by atoms with Gasteiger partial charge in [0.25, 0.3) is 0 Å². The molecular formula is C18H21ClN4O2. The fourth-order valence-electron chi connectivity index (χ4n) is 2.71. The summed E-state index contributed by atoms with van der Waals surface area (Å²) in [5.41, 5.74) is 2.16. The van der Waals surface area contributed by atoms with Gasteiger partial charge >= 0.3 is 6.09 Å². The molecule has 132 valence electrons. The first-order valence-corrected chi connectivity index (χ1v) is 9.03. The first-order chi connectivity index (χ1) is 12.1. The molecule has 25 heavy (non-hydrogen) atoms. The largest absolute Gasteiger partial charge is 0.449 e. The Morgan fingerprint density at radius 1 is 1.12 bits per heavy atom. The molecule has 3 rings (SSSR count). The van der Waals surface area contributed by atoms with Crippen LogP contribution in [0, 0.1) is 0 Å². The van der Waals surface area contributed by atoms with Crippen LogP contribution in [0.2, 0.25) is 5.02 Å². The van der Waals surface area contributed by atoms with Crippen molar-refractivity contribution >= 4 is 40.0 Å². The molecule has 0 fully saturated rings. The molecule has 0 saturated carbocycles. The van der Waals surface area contributed by atoms with Crippen molar-refractivity contribution in [3.8, 4) is 0 Å². The molecule has 7 heteroatoms. The Balaban J connectivity index is 1.92. The monoisotopic (exact) mass is 360 g/mol. The van der Waals surface area contributed by atoms with Crippen molar-refractivity contribution in [2.75, 3.05) is 6.61 Å². The lowest BCUT2D eigenvalue weighted by atomic mass is 10.2. The zero-order chi connectivity index (χ0) is 17.8. The third-order valence-electron chi connectivity index (χ3n) is 4.02. The second kappa shape index (κ2) is 7.78. The third-order valence-corrected chi connectivity index (χ3v) is 4.25. The van der Waals surface area contributed by atoms with Gasteiger partial charge in [-0.05, 0) is 24.6 Å². The quantitative estimate of drug-likeness (QED) is 0.592. The van der Waals surface area contributed by atoms with Gasteiger partial charge in [0, 0.05) is 11.4 Å². The van der Waals surface area contributed by atoms with Crippen LogP contribution in [0.5, 0.6) is 0 Å². The molecule has 3 aromatic rings. The number of halogens is 1. The van der Waals surface area contributed by atoms with Crippen LogP contribution in [0.25, 0.3) is 22.3 Å². The Labute approximate surface area is 151 Å². The lowest BCUT2D eigenvalue weighted by Crippen LogP contribution is -2.17. The van der Waals surface area contributed by atoms with E-state index in [4.69, 9.17) is 16.3 Å². The number of unbranched alkanes of at least 4 members (excludes halogenated alkanes) is 3. The SMILES string of the molecule is CCCCCCOC(=O)n1c(CC)nc2nc3cc(Cl)ccc3nc21. The summed E-state index contributed by atoms with van der Waals surface area (Å²) in [6.45, 7) is 4.48. The van der Waals surface area contributed by atoms with Crippen LogP contribution in [0.15, 0.2) is 18.2 Å². The van der Waals surface area contributed by atoms with E-state index in [0.717, 1.165) is 25.7 Å². The summed E-state index contributed by atoms with van der Waals surface area (Å²) in [6, 6.07) is 5.26. The van der Waals surface area contributed by atoms with E-state index in [1.807, 2.05) is 6.92 Å². The summed E-state index contributed by atoms with van der Waals surface area (Å²) >= 11 is 6.01. The van der Waals surface area contributed by atoms with E-state index in [0.29, 0.717) is 46.2 Å². The Hall–Kier alpha value is -2.21. The van der Waals surface area contributed by atoms with Gasteiger partial charge in [-0.2, -0.15) is 0 Å². The van der Waals surface area contributed by atoms with Crippen molar-refractivity contribution in [3.63, 3.8) is 0 Å². The fourth-order valence-corrected chi connectivity index (χ4v) is 2.88. The van der Waals surface area contributed by atoms with Crippen molar-refractivity contribution in [2.24, 2.45) is 0 Å². The first-order valence-electron chi connectivity index (χ1n) is 8.65. The summed E-state index contributed by atoms with van der Waals surface area (Å²) in [6.07, 6.45) is 4.35. The molecule has 0 amide bonds. The van der Waals surface area contributed by atoms with Crippen molar-refractivity contribution < 1.29 is 9.53 Å². The van der Waals surface area contributed by atoms with Gasteiger partial charge in [0.1, 0.15) is 5.82 Å². The number of nitrogens with zero attached hydrogens (tertiary/aromatic N) is 4. The van der Waals surface area contributed by atoms with E-state index < -0.39 is 6.09 Å². The number of carbonyl (C=O) groups is 1. The molecule has 0 aliphatic rings. The molecule has 1 aromatic carbocycles. The number of imidazole rings is 1. The Bertz CT molecular complexity index is 907. The van der Waals surface area contributed by atoms with E-state index >= 15 is 0 Å². The number of benzene rings is 1. The molecule has 0 atom stereocenters. The molecule has 6 nitrogen and oxygen atoms in total. The maximum atomic E-state index is 12.5. The van der Waals surface area contributed by atoms with Crippen LogP contribution in [-0.4, -0.2) is 32.2 Å². The van der Waals surface area contributed by atoms with E-state index in [1.54, 1.807) is 18.2 Å². The highest BCUT2D eigenvalue weighted by molar-refractivity contribution is 6.31. The minimum absolute atomic E-state index is 0.401. The number of fused-ring (bicyclic) bond motifs is 2. The topological polar surface area (TPSA) is 69.9 Å². The van der Waals surface area contributed by atoms with E-state index in [1.165, 1.54) is 4.57 Å². The predicted molar refractivity (Wildman–Crippen MR) is 98.1 cm³/mol. The minimum atomic E-state index is -0.446. The Morgan fingerprint density at radius 3 is 2.72 bits per heavy atom. The highest BCUT2D eigenvalue weighted by Gasteiger charge is 2.19. The number of aromatic nitrogens is 4. The number of hydrogen-bond donors (Lipinski definition) is 0. The van der Waals surface area contributed by atoms with Crippen LogP contribution in [-0.2, 0) is 11.2 Å². The highest BCUT2D eigenvalue weighted by Crippen LogP contribution is 2.21. The van der Waals surface area contributed by atoms with Crippen LogP contribution < -0.4 is 0 Å². The second-order valence-electron chi connectivity index (χ2n) is 5.90. The van der Waals surface area contributed by atoms with Crippen molar-refractivity contribution in [1.29, 1.82) is 0 Å². The molecular weight excluding hydrogens is 340 g/mol. The van der Waals surface area contributed by atoms with Gasteiger partial charge in [-0.25, -0.2) is 24.3 Å². The predicted octanol–water partition coefficient (Wildman–Crippen LogP) is 4.76. The Kier molecular flexibility index (Phi) is 5.48. The number of hydrogen-bond acceptors (Lipinski definition) is 5. The van der Waals surface area contributed by atoms with Gasteiger partial charge in [0.05, 0.1) is 17.6 Å². The smallest absolute Gasteiger partial charge is 0.421 e. The lowest BCUT2D eigenvalue weighted by Gasteiger charge is -2.07. The van der Waals surface area contributed by atoms with Gasteiger partial charge in [-0.3, -0.25) is 0 Å². The lowest BCUT2D eigenvalue weighted by molar-refractivity contribution is 0.145. The third kappa shape index (κ3) is 3.74. The summed E-state index contributed by atoms with van der Waals surface area (Å²) < 4.78 is 6.84. The fraction of sp³-hybridized carbons (Fsp3) is 0.444. The molecule has 0 saturated heterocycles. The van der Waals surface area contributed by atoms with E-state index in [-0.39, 0.29) is 0 Å². The van der Waals surface area contributed by atoms with Gasteiger partial charge in [-0.15, -0.1) is 0 Å². The number of ether oxygens (including phenoxy) is 1. The van der Waals surface area contributed by atoms with Gasteiger partial charge in [0.15, 0.2) is 11.3 Å². The Morgan fingerprint density at radius 2 is 1.96 bits per heavy atom. The number of rotatable bonds is 6. The normalized spacial score (nSPS) is 11.3. The standard InChI is InChI=1S/C18H21ClN4O2/c1-3-5-6-7-10-25-18(24)23-15(4-2)22-16-17(23)21-13-9-8-12(19)11-14(13)20-16/h8-9,11H,3-7,10H2,1-2H3. The maximum absolute atomic E-state index is 12.5. The van der Waals surface area contributed by atoms with Crippen molar-refractivity contribution in [1.82, 2.24) is 19.5 Å². The highest BCUT2D eigenvalue weighted by atomic mass is 35.5.